The van der Waals surface area contributed by atoms with E-state index in [9.17, 15) is 0 Å². The van der Waals surface area contributed by atoms with Gasteiger partial charge in [-0.15, -0.1) is 0 Å². The quantitative estimate of drug-likeness (QED) is 0.542. The van der Waals surface area contributed by atoms with Crippen molar-refractivity contribution >= 4 is 38.1 Å². The van der Waals surface area contributed by atoms with Crippen molar-refractivity contribution in [3.63, 3.8) is 0 Å². The molecule has 0 unspecified atom stereocenters. The van der Waals surface area contributed by atoms with Gasteiger partial charge in [-0.2, -0.15) is 10.5 Å². The molecule has 0 heterocycles. The van der Waals surface area contributed by atoms with Gasteiger partial charge in [0.1, 0.15) is 0 Å². The van der Waals surface area contributed by atoms with Crippen molar-refractivity contribution in [3.05, 3.63) is 0 Å². The van der Waals surface area contributed by atoms with Crippen LogP contribution in [0.5, 0.6) is 0 Å². The van der Waals surface area contributed by atoms with E-state index >= 15 is 0 Å². The summed E-state index contributed by atoms with van der Waals surface area (Å²) in [5, 5.41) is 14.6. The van der Waals surface area contributed by atoms with E-state index in [2.05, 4.69) is 0 Å². The van der Waals surface area contributed by atoms with Gasteiger partial charge in [-0.3, -0.25) is 0 Å². The van der Waals surface area contributed by atoms with Crippen molar-refractivity contribution < 1.29 is 31.9 Å². The molecule has 0 atom stereocenters. The topological polar surface area (TPSA) is 47.6 Å². The van der Waals surface area contributed by atoms with Crippen LogP contribution in [0.15, 0.2) is 0 Å². The number of hydrogen-bond donors (Lipinski definition) is 0. The zero-order valence-corrected chi connectivity index (χ0v) is 12.2. The Morgan fingerprint density at radius 3 is 0.833 bits per heavy atom. The van der Waals surface area contributed by atoms with Crippen LogP contribution in [0.25, 0.3) is 0 Å². The molecule has 0 aliphatic carbocycles. The normalized spacial score (nSPS) is 5.00. The number of nitrogens with zero attached hydrogens (tertiary/aromatic N) is 2. The first-order valence-electron chi connectivity index (χ1n) is 1.93. The van der Waals surface area contributed by atoms with Crippen LogP contribution in [0, 0.1) is 22.7 Å². The molecule has 0 amide bonds. The van der Waals surface area contributed by atoms with Gasteiger partial charge in [-0.25, -0.2) is 0 Å². The van der Waals surface area contributed by atoms with Crippen LogP contribution in [-0.2, 0) is 31.9 Å². The van der Waals surface area contributed by atoms with E-state index in [-0.39, 0.29) is 31.9 Å². The number of rotatable bonds is 0. The SMILES string of the molecule is CC#N.CC#N.[Cl][Pd][Cl].[Cl][Pd][Cl]. The van der Waals surface area contributed by atoms with Crippen LogP contribution in [0.1, 0.15) is 13.8 Å². The van der Waals surface area contributed by atoms with Gasteiger partial charge in [-0.05, 0) is 0 Å². The van der Waals surface area contributed by atoms with E-state index < -0.39 is 0 Å². The molecule has 0 saturated heterocycles. The van der Waals surface area contributed by atoms with Crippen LogP contribution in [0.4, 0.5) is 0 Å². The Labute approximate surface area is 105 Å². The van der Waals surface area contributed by atoms with Crippen LogP contribution in [-0.4, -0.2) is 0 Å². The Kier molecular flexibility index (Phi) is 107. The molecular weight excluding hydrogens is 431 g/mol. The first-order chi connectivity index (χ1) is 5.66. The molecule has 8 heteroatoms. The summed E-state index contributed by atoms with van der Waals surface area (Å²) in [6.07, 6.45) is 0. The summed E-state index contributed by atoms with van der Waals surface area (Å²) in [5.74, 6) is 0. The second-order valence-electron chi connectivity index (χ2n) is 0.538. The predicted octanol–water partition coefficient (Wildman–Crippen LogP) is 3.81. The molecule has 0 saturated carbocycles. The maximum atomic E-state index is 7.32. The fourth-order valence-electron chi connectivity index (χ4n) is 0. The fourth-order valence-corrected chi connectivity index (χ4v) is 0. The maximum absolute atomic E-state index is 7.32. The summed E-state index contributed by atoms with van der Waals surface area (Å²) in [7, 11) is 19.3. The van der Waals surface area contributed by atoms with Gasteiger partial charge < -0.3 is 0 Å². The standard InChI is InChI=1S/2C2H3N.4ClH.2Pd/c2*1-2-3;;;;;;/h2*1H3;4*1H;;/q;;;;;;2*+2/p-4. The van der Waals surface area contributed by atoms with E-state index in [1.807, 2.05) is 0 Å². The summed E-state index contributed by atoms with van der Waals surface area (Å²) in [6, 6.07) is 3.50. The summed E-state index contributed by atoms with van der Waals surface area (Å²) in [5.41, 5.74) is 0. The Morgan fingerprint density at radius 1 is 0.833 bits per heavy atom. The molecule has 0 radical (unpaired) electrons. The summed E-state index contributed by atoms with van der Waals surface area (Å²) >= 11 is -0.211. The molecule has 0 N–H and O–H groups in total. The van der Waals surface area contributed by atoms with E-state index in [4.69, 9.17) is 48.6 Å². The predicted molar refractivity (Wildman–Crippen MR) is 46.0 cm³/mol. The molecule has 0 aromatic carbocycles. The van der Waals surface area contributed by atoms with Gasteiger partial charge in [0.15, 0.2) is 0 Å². The summed E-state index contributed by atoms with van der Waals surface area (Å²) < 4.78 is 0. The zero-order chi connectivity index (χ0) is 10.8. The summed E-state index contributed by atoms with van der Waals surface area (Å²) in [6.45, 7) is 2.86. The number of nitriles is 2. The van der Waals surface area contributed by atoms with E-state index in [0.29, 0.717) is 0 Å². The second-order valence-corrected chi connectivity index (χ2v) is 5.26. The molecule has 0 rings (SSSR count). The second kappa shape index (κ2) is 54.9. The third-order valence-corrected chi connectivity index (χ3v) is 0. The Bertz CT molecular complexity index is 96.6. The van der Waals surface area contributed by atoms with Crippen molar-refractivity contribution in [2.75, 3.05) is 0 Å². The van der Waals surface area contributed by atoms with E-state index in [0.717, 1.165) is 0 Å². The first kappa shape index (κ1) is 23.4. The van der Waals surface area contributed by atoms with Gasteiger partial charge in [0.2, 0.25) is 0 Å². The Balaban J connectivity index is -0.0000000356. The number of halogens is 4. The van der Waals surface area contributed by atoms with Crippen molar-refractivity contribution in [1.29, 1.82) is 10.5 Å². The van der Waals surface area contributed by atoms with Crippen LogP contribution >= 0.6 is 38.1 Å². The average Bonchev–Trinajstić information content (AvgIpc) is 1.92. The summed E-state index contributed by atoms with van der Waals surface area (Å²) in [4.78, 5) is 0. The van der Waals surface area contributed by atoms with Gasteiger partial charge in [0, 0.05) is 13.8 Å². The molecule has 0 bridgehead atoms. The molecule has 0 aromatic rings. The van der Waals surface area contributed by atoms with Gasteiger partial charge in [0.05, 0.1) is 12.1 Å². The molecular formula is C4H6Cl4N2Pd2. The van der Waals surface area contributed by atoms with Crippen molar-refractivity contribution in [3.8, 4) is 12.1 Å². The number of hydrogen-bond acceptors (Lipinski definition) is 2. The molecule has 0 spiro atoms. The van der Waals surface area contributed by atoms with E-state index in [1.54, 1.807) is 12.1 Å². The minimum absolute atomic E-state index is 0.106. The average molecular weight is 437 g/mol. The van der Waals surface area contributed by atoms with Gasteiger partial charge >= 0.3 is 70.0 Å². The monoisotopic (exact) mass is 434 g/mol. The van der Waals surface area contributed by atoms with Crippen LogP contribution in [0.3, 0.4) is 0 Å². The van der Waals surface area contributed by atoms with Crippen LogP contribution < -0.4 is 0 Å². The molecule has 2 nitrogen and oxygen atoms in total. The van der Waals surface area contributed by atoms with Gasteiger partial charge in [0.25, 0.3) is 0 Å². The Hall–Kier alpha value is 1.46. The molecule has 0 aromatic heterocycles. The third kappa shape index (κ3) is 585. The van der Waals surface area contributed by atoms with E-state index in [1.165, 1.54) is 13.8 Å². The molecule has 0 aliphatic heterocycles. The van der Waals surface area contributed by atoms with Gasteiger partial charge in [-0.1, -0.05) is 0 Å². The zero-order valence-electron chi connectivity index (χ0n) is 6.04. The fraction of sp³-hybridized carbons (Fsp3) is 0.500. The molecule has 0 aliphatic rings. The van der Waals surface area contributed by atoms with Crippen molar-refractivity contribution in [2.24, 2.45) is 0 Å². The van der Waals surface area contributed by atoms with Crippen molar-refractivity contribution in [1.82, 2.24) is 0 Å². The van der Waals surface area contributed by atoms with Crippen molar-refractivity contribution in [2.45, 2.75) is 13.8 Å². The minimum atomic E-state index is -0.106. The third-order valence-electron chi connectivity index (χ3n) is 0. The molecule has 12 heavy (non-hydrogen) atoms. The molecule has 80 valence electrons. The Morgan fingerprint density at radius 2 is 0.833 bits per heavy atom. The molecule has 0 fully saturated rings. The van der Waals surface area contributed by atoms with Crippen LogP contribution in [0.2, 0.25) is 0 Å². The first-order valence-corrected chi connectivity index (χ1v) is 9.93.